The first kappa shape index (κ1) is 19.3. The number of carbonyl (C=O) groups excluding carboxylic acids is 1. The van der Waals surface area contributed by atoms with E-state index in [0.29, 0.717) is 19.0 Å². The van der Waals surface area contributed by atoms with Gasteiger partial charge in [0.05, 0.1) is 19.2 Å². The fourth-order valence-electron chi connectivity index (χ4n) is 2.88. The molecule has 1 amide bonds. The van der Waals surface area contributed by atoms with Gasteiger partial charge in [-0.05, 0) is 37.0 Å². The van der Waals surface area contributed by atoms with Gasteiger partial charge >= 0.3 is 0 Å². The third kappa shape index (κ3) is 5.75. The second-order valence-corrected chi connectivity index (χ2v) is 6.86. The Hall–Kier alpha value is -2.48. The zero-order chi connectivity index (χ0) is 19.1. The largest absolute Gasteiger partial charge is 0.454 e. The summed E-state index contributed by atoms with van der Waals surface area (Å²) in [5.41, 5.74) is 1.01. The molecule has 1 unspecified atom stereocenters. The molecule has 2 aliphatic heterocycles. The molecule has 0 spiro atoms. The molecule has 2 heterocycles. The average molecular weight is 376 g/mol. The molecule has 1 saturated heterocycles. The minimum Gasteiger partial charge on any atom is -0.454 e. The maximum Gasteiger partial charge on any atom is 0.241 e. The van der Waals surface area contributed by atoms with E-state index in [1.54, 1.807) is 19.0 Å². The first-order chi connectivity index (χ1) is 13.1. The van der Waals surface area contributed by atoms with E-state index in [4.69, 9.17) is 14.2 Å². The van der Waals surface area contributed by atoms with Crippen LogP contribution >= 0.6 is 0 Å². The number of nitrogens with zero attached hydrogens (tertiary/aromatic N) is 2. The van der Waals surface area contributed by atoms with Crippen LogP contribution in [0.4, 0.5) is 0 Å². The van der Waals surface area contributed by atoms with Gasteiger partial charge in [0, 0.05) is 27.2 Å². The summed E-state index contributed by atoms with van der Waals surface area (Å²) < 4.78 is 16.5. The fourth-order valence-corrected chi connectivity index (χ4v) is 2.88. The number of hydrogen-bond donors (Lipinski definition) is 2. The minimum absolute atomic E-state index is 0.0125. The van der Waals surface area contributed by atoms with Crippen LogP contribution in [-0.2, 0) is 16.1 Å². The molecular weight excluding hydrogens is 348 g/mol. The van der Waals surface area contributed by atoms with Gasteiger partial charge in [-0.3, -0.25) is 4.79 Å². The monoisotopic (exact) mass is 376 g/mol. The Bertz CT molecular complexity index is 672. The summed E-state index contributed by atoms with van der Waals surface area (Å²) in [7, 11) is 3.47. The van der Waals surface area contributed by atoms with E-state index in [2.05, 4.69) is 15.6 Å². The van der Waals surface area contributed by atoms with Crippen molar-refractivity contribution in [1.82, 2.24) is 15.5 Å². The third-order valence-electron chi connectivity index (χ3n) is 4.53. The highest BCUT2D eigenvalue weighted by Gasteiger charge is 2.15. The van der Waals surface area contributed by atoms with Crippen LogP contribution in [0.1, 0.15) is 24.8 Å². The van der Waals surface area contributed by atoms with E-state index >= 15 is 0 Å². The van der Waals surface area contributed by atoms with E-state index in [1.165, 1.54) is 6.42 Å². The molecule has 148 valence electrons. The van der Waals surface area contributed by atoms with E-state index in [-0.39, 0.29) is 25.3 Å². The van der Waals surface area contributed by atoms with Crippen LogP contribution in [0.5, 0.6) is 11.5 Å². The highest BCUT2D eigenvalue weighted by atomic mass is 16.7. The van der Waals surface area contributed by atoms with E-state index in [9.17, 15) is 4.79 Å². The summed E-state index contributed by atoms with van der Waals surface area (Å²) >= 11 is 0. The van der Waals surface area contributed by atoms with Crippen LogP contribution in [-0.4, -0.2) is 63.5 Å². The van der Waals surface area contributed by atoms with Gasteiger partial charge in [-0.15, -0.1) is 0 Å². The maximum absolute atomic E-state index is 11.9. The molecule has 0 aliphatic carbocycles. The second kappa shape index (κ2) is 9.45. The topological polar surface area (TPSA) is 84.4 Å². The summed E-state index contributed by atoms with van der Waals surface area (Å²) in [5.74, 6) is 2.08. The van der Waals surface area contributed by atoms with Gasteiger partial charge in [0.25, 0.3) is 0 Å². The van der Waals surface area contributed by atoms with Crippen molar-refractivity contribution in [3.05, 3.63) is 23.8 Å². The minimum atomic E-state index is -0.0125. The van der Waals surface area contributed by atoms with E-state index < -0.39 is 0 Å². The number of nitrogens with one attached hydrogen (secondary N) is 2. The van der Waals surface area contributed by atoms with Crippen molar-refractivity contribution in [2.45, 2.75) is 31.9 Å². The molecule has 2 aliphatic rings. The summed E-state index contributed by atoms with van der Waals surface area (Å²) in [6, 6.07) is 5.78. The van der Waals surface area contributed by atoms with Gasteiger partial charge < -0.3 is 29.7 Å². The van der Waals surface area contributed by atoms with Crippen molar-refractivity contribution >= 4 is 11.9 Å². The number of rotatable bonds is 6. The van der Waals surface area contributed by atoms with Crippen molar-refractivity contribution < 1.29 is 19.0 Å². The molecule has 8 nitrogen and oxygen atoms in total. The maximum atomic E-state index is 11.9. The molecule has 27 heavy (non-hydrogen) atoms. The van der Waals surface area contributed by atoms with Crippen LogP contribution in [0.15, 0.2) is 23.2 Å². The molecule has 0 aromatic heterocycles. The third-order valence-corrected chi connectivity index (χ3v) is 4.53. The number of amides is 1. The highest BCUT2D eigenvalue weighted by Crippen LogP contribution is 2.32. The number of fused-ring (bicyclic) bond motifs is 1. The Balaban J connectivity index is 1.59. The molecule has 1 aromatic rings. The summed E-state index contributed by atoms with van der Waals surface area (Å²) in [5, 5.41) is 6.39. The molecule has 0 bridgehead atoms. The number of guanidine groups is 1. The quantitative estimate of drug-likeness (QED) is 0.572. The Kier molecular flexibility index (Phi) is 6.75. The Morgan fingerprint density at radius 2 is 2.07 bits per heavy atom. The van der Waals surface area contributed by atoms with Gasteiger partial charge in [-0.2, -0.15) is 0 Å². The van der Waals surface area contributed by atoms with E-state index in [0.717, 1.165) is 36.5 Å². The second-order valence-electron chi connectivity index (χ2n) is 6.86. The molecule has 1 atom stereocenters. The van der Waals surface area contributed by atoms with Crippen molar-refractivity contribution in [3.63, 3.8) is 0 Å². The van der Waals surface area contributed by atoms with Crippen LogP contribution < -0.4 is 20.1 Å². The number of hydrogen-bond acceptors (Lipinski definition) is 5. The molecule has 0 radical (unpaired) electrons. The lowest BCUT2D eigenvalue weighted by molar-refractivity contribution is -0.127. The van der Waals surface area contributed by atoms with Crippen LogP contribution in [0.25, 0.3) is 0 Å². The molecule has 0 saturated carbocycles. The smallest absolute Gasteiger partial charge is 0.241 e. The Morgan fingerprint density at radius 1 is 1.22 bits per heavy atom. The first-order valence-corrected chi connectivity index (χ1v) is 9.34. The summed E-state index contributed by atoms with van der Waals surface area (Å²) in [4.78, 5) is 18.0. The Morgan fingerprint density at radius 3 is 2.85 bits per heavy atom. The molecule has 8 heteroatoms. The van der Waals surface area contributed by atoms with E-state index in [1.807, 2.05) is 18.2 Å². The van der Waals surface area contributed by atoms with Crippen LogP contribution in [0.3, 0.4) is 0 Å². The SMILES string of the molecule is CN(C)C(=O)CNC(=NCc1ccc2c(c1)OCO2)NCC1CCCCO1. The highest BCUT2D eigenvalue weighted by molar-refractivity contribution is 5.86. The van der Waals surface area contributed by atoms with Crippen molar-refractivity contribution in [2.75, 3.05) is 40.6 Å². The van der Waals surface area contributed by atoms with Crippen molar-refractivity contribution in [2.24, 2.45) is 4.99 Å². The van der Waals surface area contributed by atoms with Crippen molar-refractivity contribution in [3.8, 4) is 11.5 Å². The fraction of sp³-hybridized carbons (Fsp3) is 0.579. The van der Waals surface area contributed by atoms with Crippen molar-refractivity contribution in [1.29, 1.82) is 0 Å². The van der Waals surface area contributed by atoms with Gasteiger partial charge in [-0.25, -0.2) is 4.99 Å². The van der Waals surface area contributed by atoms with Gasteiger partial charge in [0.15, 0.2) is 17.5 Å². The zero-order valence-corrected chi connectivity index (χ0v) is 16.0. The molecule has 2 N–H and O–H groups in total. The number of likely N-dealkylation sites (N-methyl/N-ethyl adjacent to an activating group) is 1. The predicted molar refractivity (Wildman–Crippen MR) is 102 cm³/mol. The van der Waals surface area contributed by atoms with Gasteiger partial charge in [0.2, 0.25) is 12.7 Å². The molecule has 1 aromatic carbocycles. The van der Waals surface area contributed by atoms with Crippen LogP contribution in [0, 0.1) is 0 Å². The lowest BCUT2D eigenvalue weighted by atomic mass is 10.1. The van der Waals surface area contributed by atoms with Crippen LogP contribution in [0.2, 0.25) is 0 Å². The molecular formula is C19H28N4O4. The van der Waals surface area contributed by atoms with Gasteiger partial charge in [0.1, 0.15) is 0 Å². The average Bonchev–Trinajstić information content (AvgIpc) is 3.15. The predicted octanol–water partition coefficient (Wildman–Crippen LogP) is 1.11. The standard InChI is InChI=1S/C19H28N4O4/c1-23(2)18(24)12-22-19(21-11-15-5-3-4-8-25-15)20-10-14-6-7-16-17(9-14)27-13-26-16/h6-7,9,15H,3-5,8,10-13H2,1-2H3,(H2,20,21,22). The Labute approximate surface area is 159 Å². The number of ether oxygens (including phenoxy) is 3. The number of benzene rings is 1. The summed E-state index contributed by atoms with van der Waals surface area (Å²) in [6.07, 6.45) is 3.53. The number of aliphatic imine (C=N–C) groups is 1. The first-order valence-electron chi connectivity index (χ1n) is 9.34. The molecule has 1 fully saturated rings. The lowest BCUT2D eigenvalue weighted by Crippen LogP contribution is -2.45. The zero-order valence-electron chi connectivity index (χ0n) is 16.0. The summed E-state index contributed by atoms with van der Waals surface area (Å²) in [6.45, 7) is 2.38. The number of carbonyl (C=O) groups is 1. The molecule has 3 rings (SSSR count). The van der Waals surface area contributed by atoms with Gasteiger partial charge in [-0.1, -0.05) is 6.07 Å². The normalized spacial score (nSPS) is 18.9. The lowest BCUT2D eigenvalue weighted by Gasteiger charge is -2.24.